The number of hydrogen-bond donors (Lipinski definition) is 1. The van der Waals surface area contributed by atoms with Crippen molar-refractivity contribution in [2.45, 2.75) is 58.5 Å². The van der Waals surface area contributed by atoms with Gasteiger partial charge >= 0.3 is 0 Å². The van der Waals surface area contributed by atoms with Crippen LogP contribution in [0.4, 0.5) is 0 Å². The maximum Gasteiger partial charge on any atom is 0.242 e. The minimum atomic E-state index is -0.552. The molecule has 0 radical (unpaired) electrons. The van der Waals surface area contributed by atoms with Gasteiger partial charge in [-0.25, -0.2) is 0 Å². The highest BCUT2D eigenvalue weighted by Crippen LogP contribution is 2.24. The van der Waals surface area contributed by atoms with Gasteiger partial charge in [-0.05, 0) is 49.1 Å². The number of amides is 2. The minimum absolute atomic E-state index is 0.0924. The zero-order chi connectivity index (χ0) is 23.3. The molecule has 32 heavy (non-hydrogen) atoms. The number of nitrogens with zero attached hydrogens (tertiary/aromatic N) is 1. The van der Waals surface area contributed by atoms with Crippen molar-refractivity contribution in [3.63, 3.8) is 0 Å². The monoisotopic (exact) mass is 478 g/mol. The third-order valence-electron chi connectivity index (χ3n) is 5.10. The lowest BCUT2D eigenvalue weighted by atomic mass is 10.1. The van der Waals surface area contributed by atoms with Crippen LogP contribution < -0.4 is 10.1 Å². The zero-order valence-corrected chi connectivity index (χ0v) is 20.3. The van der Waals surface area contributed by atoms with Gasteiger partial charge < -0.3 is 15.0 Å². The summed E-state index contributed by atoms with van der Waals surface area (Å²) in [6.07, 6.45) is 3.25. The maximum absolute atomic E-state index is 13.2. The second-order valence-electron chi connectivity index (χ2n) is 7.60. The van der Waals surface area contributed by atoms with E-state index in [1.54, 1.807) is 17.0 Å². The molecule has 2 aromatic rings. The Morgan fingerprint density at radius 1 is 1.03 bits per heavy atom. The summed E-state index contributed by atoms with van der Waals surface area (Å²) in [7, 11) is 0. The molecule has 7 heteroatoms. The summed E-state index contributed by atoms with van der Waals surface area (Å²) in [5.41, 5.74) is 0.827. The molecule has 0 heterocycles. The number of ether oxygens (including phenoxy) is 1. The molecule has 0 aliphatic rings. The van der Waals surface area contributed by atoms with Crippen LogP contribution in [0.1, 0.15) is 51.5 Å². The Kier molecular flexibility index (Phi) is 11.4. The van der Waals surface area contributed by atoms with Gasteiger partial charge in [0.2, 0.25) is 11.8 Å². The molecule has 0 aromatic heterocycles. The number of halogens is 2. The van der Waals surface area contributed by atoms with Crippen molar-refractivity contribution in [2.24, 2.45) is 0 Å². The van der Waals surface area contributed by atoms with Gasteiger partial charge in [-0.1, -0.05) is 67.7 Å². The molecule has 5 nitrogen and oxygen atoms in total. The van der Waals surface area contributed by atoms with Crippen LogP contribution in [0.25, 0.3) is 0 Å². The number of para-hydroxylation sites is 1. The molecule has 2 amide bonds. The van der Waals surface area contributed by atoms with E-state index < -0.39 is 6.04 Å². The van der Waals surface area contributed by atoms with Crippen LogP contribution in [0.15, 0.2) is 48.5 Å². The highest BCUT2D eigenvalue weighted by atomic mass is 35.5. The number of rotatable bonds is 13. The van der Waals surface area contributed by atoms with E-state index in [-0.39, 0.29) is 24.8 Å². The fourth-order valence-electron chi connectivity index (χ4n) is 3.33. The van der Waals surface area contributed by atoms with E-state index >= 15 is 0 Å². The van der Waals surface area contributed by atoms with Gasteiger partial charge in [0.15, 0.2) is 0 Å². The summed E-state index contributed by atoms with van der Waals surface area (Å²) < 4.78 is 5.70. The van der Waals surface area contributed by atoms with Crippen molar-refractivity contribution >= 4 is 35.0 Å². The molecular weight excluding hydrogens is 447 g/mol. The first-order valence-corrected chi connectivity index (χ1v) is 11.9. The fourth-order valence-corrected chi connectivity index (χ4v) is 3.65. The highest BCUT2D eigenvalue weighted by molar-refractivity contribution is 6.42. The minimum Gasteiger partial charge on any atom is -0.494 e. The number of carbonyl (C=O) groups is 2. The van der Waals surface area contributed by atoms with Crippen molar-refractivity contribution in [2.75, 3.05) is 13.2 Å². The lowest BCUT2D eigenvalue weighted by Gasteiger charge is -2.31. The van der Waals surface area contributed by atoms with Crippen LogP contribution in [0.2, 0.25) is 10.0 Å². The maximum atomic E-state index is 13.2. The van der Waals surface area contributed by atoms with Gasteiger partial charge in [-0.15, -0.1) is 0 Å². The summed E-state index contributed by atoms with van der Waals surface area (Å²) in [5, 5.41) is 3.84. The summed E-state index contributed by atoms with van der Waals surface area (Å²) in [6, 6.07) is 14.2. The summed E-state index contributed by atoms with van der Waals surface area (Å²) in [5.74, 6) is 0.550. The number of carbonyl (C=O) groups excluding carboxylic acids is 2. The van der Waals surface area contributed by atoms with Crippen LogP contribution in [0.3, 0.4) is 0 Å². The van der Waals surface area contributed by atoms with E-state index in [0.29, 0.717) is 36.0 Å². The van der Waals surface area contributed by atoms with E-state index in [1.807, 2.05) is 43.3 Å². The first kappa shape index (κ1) is 26.0. The summed E-state index contributed by atoms with van der Waals surface area (Å²) >= 11 is 12.2. The van der Waals surface area contributed by atoms with E-state index in [4.69, 9.17) is 27.9 Å². The zero-order valence-electron chi connectivity index (χ0n) is 18.8. The Labute approximate surface area is 201 Å². The Hall–Kier alpha value is -2.24. The third kappa shape index (κ3) is 8.36. The van der Waals surface area contributed by atoms with Crippen LogP contribution in [0.5, 0.6) is 5.75 Å². The predicted octanol–water partition coefficient (Wildman–Crippen LogP) is 5.88. The van der Waals surface area contributed by atoms with Gasteiger partial charge in [0.05, 0.1) is 16.7 Å². The molecule has 2 aromatic carbocycles. The van der Waals surface area contributed by atoms with Gasteiger partial charge in [-0.2, -0.15) is 0 Å². The Morgan fingerprint density at radius 2 is 1.78 bits per heavy atom. The SMILES string of the molecule is CCCCNC(=O)[C@@H](CC)N(Cc1ccc(Cl)c(Cl)c1)C(=O)CCCOc1ccccc1. The normalized spacial score (nSPS) is 11.6. The second kappa shape index (κ2) is 14.0. The van der Waals surface area contributed by atoms with Gasteiger partial charge in [-0.3, -0.25) is 9.59 Å². The number of unbranched alkanes of at least 4 members (excludes halogenated alkanes) is 1. The molecule has 1 atom stereocenters. The molecule has 0 aliphatic carbocycles. The number of benzene rings is 2. The Morgan fingerprint density at radius 3 is 2.44 bits per heavy atom. The molecule has 0 bridgehead atoms. The Balaban J connectivity index is 2.07. The van der Waals surface area contributed by atoms with Crippen LogP contribution >= 0.6 is 23.2 Å². The van der Waals surface area contributed by atoms with Crippen molar-refractivity contribution in [1.82, 2.24) is 10.2 Å². The van der Waals surface area contributed by atoms with E-state index in [1.165, 1.54) is 0 Å². The largest absolute Gasteiger partial charge is 0.494 e. The first-order valence-electron chi connectivity index (χ1n) is 11.1. The van der Waals surface area contributed by atoms with E-state index in [9.17, 15) is 9.59 Å². The second-order valence-corrected chi connectivity index (χ2v) is 8.42. The summed E-state index contributed by atoms with van der Waals surface area (Å²) in [4.78, 5) is 27.7. The van der Waals surface area contributed by atoms with Crippen molar-refractivity contribution in [3.8, 4) is 5.75 Å². The van der Waals surface area contributed by atoms with Crippen molar-refractivity contribution in [1.29, 1.82) is 0 Å². The van der Waals surface area contributed by atoms with Crippen LogP contribution in [-0.4, -0.2) is 35.9 Å². The van der Waals surface area contributed by atoms with Crippen molar-refractivity contribution in [3.05, 3.63) is 64.1 Å². The van der Waals surface area contributed by atoms with Gasteiger partial charge in [0.1, 0.15) is 11.8 Å². The molecule has 0 spiro atoms. The highest BCUT2D eigenvalue weighted by Gasteiger charge is 2.28. The average molecular weight is 479 g/mol. The standard InChI is InChI=1S/C25H32Cl2N2O3/c1-3-5-15-28-25(31)23(4-2)29(18-19-13-14-21(26)22(27)17-19)24(30)12-9-16-32-20-10-7-6-8-11-20/h6-8,10-11,13-14,17,23H,3-5,9,12,15-16,18H2,1-2H3,(H,28,31)/t23-/m1/s1. The van der Waals surface area contributed by atoms with Gasteiger partial charge in [0.25, 0.3) is 0 Å². The molecular formula is C25H32Cl2N2O3. The third-order valence-corrected chi connectivity index (χ3v) is 5.84. The first-order chi connectivity index (χ1) is 15.5. The van der Waals surface area contributed by atoms with E-state index in [0.717, 1.165) is 24.2 Å². The molecule has 0 fully saturated rings. The summed E-state index contributed by atoms with van der Waals surface area (Å²) in [6.45, 7) is 5.30. The molecule has 174 valence electrons. The molecule has 0 saturated heterocycles. The lowest BCUT2D eigenvalue weighted by Crippen LogP contribution is -2.49. The quantitative estimate of drug-likeness (QED) is 0.365. The van der Waals surface area contributed by atoms with Crippen LogP contribution in [0, 0.1) is 0 Å². The topological polar surface area (TPSA) is 58.6 Å². The lowest BCUT2D eigenvalue weighted by molar-refractivity contribution is -0.141. The number of nitrogens with one attached hydrogen (secondary N) is 1. The molecule has 2 rings (SSSR count). The average Bonchev–Trinajstić information content (AvgIpc) is 2.79. The molecule has 0 unspecified atom stereocenters. The Bertz CT molecular complexity index is 862. The molecule has 1 N–H and O–H groups in total. The smallest absolute Gasteiger partial charge is 0.242 e. The van der Waals surface area contributed by atoms with Gasteiger partial charge in [0, 0.05) is 19.5 Å². The fraction of sp³-hybridized carbons (Fsp3) is 0.440. The van der Waals surface area contributed by atoms with Crippen LogP contribution in [-0.2, 0) is 16.1 Å². The molecule has 0 aliphatic heterocycles. The predicted molar refractivity (Wildman–Crippen MR) is 130 cm³/mol. The number of hydrogen-bond acceptors (Lipinski definition) is 3. The molecule has 0 saturated carbocycles. The van der Waals surface area contributed by atoms with E-state index in [2.05, 4.69) is 12.2 Å². The van der Waals surface area contributed by atoms with Crippen molar-refractivity contribution < 1.29 is 14.3 Å².